The summed E-state index contributed by atoms with van der Waals surface area (Å²) in [6, 6.07) is 0. The zero-order chi connectivity index (χ0) is 59.9. The molecule has 0 rings (SSSR count). The molecule has 0 radical (unpaired) electrons. The van der Waals surface area contributed by atoms with Gasteiger partial charge in [-0.15, -0.1) is 0 Å². The largest absolute Gasteiger partial charge is 0.462 e. The van der Waals surface area contributed by atoms with Gasteiger partial charge >= 0.3 is 17.9 Å². The third-order valence-corrected chi connectivity index (χ3v) is 15.9. The Hall–Kier alpha value is -3.41. The van der Waals surface area contributed by atoms with Crippen LogP contribution in [-0.4, -0.2) is 37.2 Å². The van der Waals surface area contributed by atoms with E-state index in [4.69, 9.17) is 14.2 Å². The van der Waals surface area contributed by atoms with E-state index in [0.717, 1.165) is 96.3 Å². The van der Waals surface area contributed by atoms with Gasteiger partial charge in [-0.2, -0.15) is 0 Å². The predicted octanol–water partition coefficient (Wildman–Crippen LogP) is 25.0. The zero-order valence-corrected chi connectivity index (χ0v) is 55.2. The molecule has 0 heterocycles. The highest BCUT2D eigenvalue weighted by Crippen LogP contribution is 2.17. The Bertz CT molecular complexity index is 1570. The summed E-state index contributed by atoms with van der Waals surface area (Å²) >= 11 is 0. The first-order valence-corrected chi connectivity index (χ1v) is 36.1. The van der Waals surface area contributed by atoms with E-state index in [9.17, 15) is 14.4 Å². The van der Waals surface area contributed by atoms with Gasteiger partial charge in [0.15, 0.2) is 6.10 Å². The third kappa shape index (κ3) is 69.3. The Labute approximate surface area is 515 Å². The summed E-state index contributed by atoms with van der Waals surface area (Å²) in [5.74, 6) is -0.872. The second kappa shape index (κ2) is 71.1. The summed E-state index contributed by atoms with van der Waals surface area (Å²) in [6.45, 7) is 6.55. The molecule has 0 saturated heterocycles. The van der Waals surface area contributed by atoms with E-state index in [-0.39, 0.29) is 31.1 Å². The highest BCUT2D eigenvalue weighted by molar-refractivity contribution is 5.71. The molecule has 1 unspecified atom stereocenters. The van der Waals surface area contributed by atoms with Crippen LogP contribution in [0.5, 0.6) is 0 Å². The third-order valence-electron chi connectivity index (χ3n) is 15.9. The Morgan fingerprint density at radius 3 is 0.771 bits per heavy atom. The molecule has 0 saturated carbocycles. The van der Waals surface area contributed by atoms with Gasteiger partial charge < -0.3 is 14.2 Å². The molecule has 6 nitrogen and oxygen atoms in total. The van der Waals surface area contributed by atoms with Crippen LogP contribution in [0.1, 0.15) is 367 Å². The lowest BCUT2D eigenvalue weighted by Crippen LogP contribution is -2.30. The summed E-state index contributed by atoms with van der Waals surface area (Å²) in [4.78, 5) is 38.5. The summed E-state index contributed by atoms with van der Waals surface area (Å²) in [7, 11) is 0. The molecule has 0 bridgehead atoms. The second-order valence-electron chi connectivity index (χ2n) is 24.1. The van der Waals surface area contributed by atoms with E-state index in [1.54, 1.807) is 0 Å². The fraction of sp³-hybridized carbons (Fsp3) is 0.779. The maximum Gasteiger partial charge on any atom is 0.306 e. The van der Waals surface area contributed by atoms with E-state index in [2.05, 4.69) is 106 Å². The van der Waals surface area contributed by atoms with Crippen LogP contribution in [0.2, 0.25) is 0 Å². The van der Waals surface area contributed by atoms with Gasteiger partial charge in [0.1, 0.15) is 13.2 Å². The van der Waals surface area contributed by atoms with Gasteiger partial charge in [-0.25, -0.2) is 0 Å². The molecule has 6 heteroatoms. The standard InChI is InChI=1S/C77H136O6/c1-4-7-10-13-16-19-22-25-28-31-34-36-37-38-39-41-43-46-49-52-55-58-61-64-67-70-76(79)82-73-74(72-81-75(78)69-66-63-60-57-54-51-48-45-42-33-30-27-24-21-18-15-12-9-6-3)83-77(80)71-68-65-62-59-56-53-50-47-44-40-35-32-29-26-23-20-17-14-11-8-5-2/h8,11,17-18,20-21,26-27,29-31,34-35,40,74H,4-7,9-10,12-16,19,22-25,28,32-33,36-39,41-73H2,1-3H3/b11-8-,20-17-,21-18-,29-26-,30-27-,34-31-,40-35-. The van der Waals surface area contributed by atoms with Crippen molar-refractivity contribution in [3.63, 3.8) is 0 Å². The van der Waals surface area contributed by atoms with Gasteiger partial charge in [-0.1, -0.05) is 318 Å². The molecule has 0 aromatic rings. The van der Waals surface area contributed by atoms with Gasteiger partial charge in [-0.05, 0) is 116 Å². The van der Waals surface area contributed by atoms with E-state index < -0.39 is 6.10 Å². The number of carbonyl (C=O) groups is 3. The van der Waals surface area contributed by atoms with Crippen molar-refractivity contribution in [1.29, 1.82) is 0 Å². The Morgan fingerprint density at radius 1 is 0.253 bits per heavy atom. The molecule has 480 valence electrons. The molecule has 0 aromatic heterocycles. The quantitative estimate of drug-likeness (QED) is 0.0261. The first kappa shape index (κ1) is 79.6. The highest BCUT2D eigenvalue weighted by atomic mass is 16.6. The van der Waals surface area contributed by atoms with Crippen molar-refractivity contribution >= 4 is 17.9 Å². The molecule has 0 aliphatic rings. The summed E-state index contributed by atoms with van der Waals surface area (Å²) < 4.78 is 17.0. The van der Waals surface area contributed by atoms with Crippen LogP contribution >= 0.6 is 0 Å². The Morgan fingerprint density at radius 2 is 0.470 bits per heavy atom. The molecule has 0 aliphatic heterocycles. The molecule has 0 spiro atoms. The van der Waals surface area contributed by atoms with Gasteiger partial charge in [0, 0.05) is 19.3 Å². The average molecular weight is 1160 g/mol. The van der Waals surface area contributed by atoms with Crippen molar-refractivity contribution in [1.82, 2.24) is 0 Å². The topological polar surface area (TPSA) is 78.9 Å². The molecule has 1 atom stereocenters. The fourth-order valence-corrected chi connectivity index (χ4v) is 10.5. The predicted molar refractivity (Wildman–Crippen MR) is 362 cm³/mol. The Balaban J connectivity index is 4.35. The SMILES string of the molecule is CC/C=C\C/C=C\C/C=C\C/C=C\CCCCCCCCCCC(=O)OC(COC(=O)CCCCCCCCCCC/C=C\C/C=C\CCCCC)COC(=O)CCCCCCCCCCCCCCC/C=C\CCCCCCCCCC. The molecule has 0 fully saturated rings. The minimum atomic E-state index is -0.785. The van der Waals surface area contributed by atoms with E-state index in [1.165, 1.54) is 231 Å². The van der Waals surface area contributed by atoms with Crippen molar-refractivity contribution in [2.24, 2.45) is 0 Å². The Kier molecular flexibility index (Phi) is 68.2. The van der Waals surface area contributed by atoms with E-state index >= 15 is 0 Å². The van der Waals surface area contributed by atoms with Gasteiger partial charge in [-0.3, -0.25) is 14.4 Å². The molecular formula is C77H136O6. The normalized spacial score (nSPS) is 12.6. The van der Waals surface area contributed by atoms with E-state index in [0.29, 0.717) is 19.3 Å². The number of hydrogen-bond donors (Lipinski definition) is 0. The lowest BCUT2D eigenvalue weighted by Gasteiger charge is -2.18. The van der Waals surface area contributed by atoms with Crippen LogP contribution in [0.4, 0.5) is 0 Å². The van der Waals surface area contributed by atoms with Crippen LogP contribution in [0.25, 0.3) is 0 Å². The van der Waals surface area contributed by atoms with Crippen LogP contribution in [-0.2, 0) is 28.6 Å². The number of esters is 3. The van der Waals surface area contributed by atoms with Crippen LogP contribution < -0.4 is 0 Å². The average Bonchev–Trinajstić information content (AvgIpc) is 3.50. The lowest BCUT2D eigenvalue weighted by molar-refractivity contribution is -0.167. The minimum Gasteiger partial charge on any atom is -0.462 e. The lowest BCUT2D eigenvalue weighted by atomic mass is 10.0. The highest BCUT2D eigenvalue weighted by Gasteiger charge is 2.19. The first-order chi connectivity index (χ1) is 41.0. The van der Waals surface area contributed by atoms with Crippen molar-refractivity contribution in [2.45, 2.75) is 374 Å². The summed E-state index contributed by atoms with van der Waals surface area (Å²) in [5, 5.41) is 0. The molecule has 0 amide bonds. The first-order valence-electron chi connectivity index (χ1n) is 36.1. The molecule has 0 aliphatic carbocycles. The fourth-order valence-electron chi connectivity index (χ4n) is 10.5. The zero-order valence-electron chi connectivity index (χ0n) is 55.2. The number of rotatable bonds is 66. The van der Waals surface area contributed by atoms with Crippen molar-refractivity contribution < 1.29 is 28.6 Å². The van der Waals surface area contributed by atoms with Crippen molar-refractivity contribution in [3.8, 4) is 0 Å². The smallest absolute Gasteiger partial charge is 0.306 e. The van der Waals surface area contributed by atoms with Crippen LogP contribution in [0.15, 0.2) is 85.1 Å². The maximum atomic E-state index is 13.0. The van der Waals surface area contributed by atoms with E-state index in [1.807, 2.05) is 0 Å². The minimum absolute atomic E-state index is 0.0789. The number of unbranched alkanes of at least 4 members (excludes halogenated alkanes) is 41. The van der Waals surface area contributed by atoms with Gasteiger partial charge in [0.05, 0.1) is 0 Å². The van der Waals surface area contributed by atoms with Crippen LogP contribution in [0, 0.1) is 0 Å². The molecular weight excluding hydrogens is 1020 g/mol. The summed E-state index contributed by atoms with van der Waals surface area (Å²) in [6.07, 6.45) is 94.6. The van der Waals surface area contributed by atoms with Crippen molar-refractivity contribution in [3.05, 3.63) is 85.1 Å². The number of ether oxygens (including phenoxy) is 3. The van der Waals surface area contributed by atoms with Gasteiger partial charge in [0.25, 0.3) is 0 Å². The van der Waals surface area contributed by atoms with Crippen molar-refractivity contribution in [2.75, 3.05) is 13.2 Å². The monoisotopic (exact) mass is 1160 g/mol. The summed E-state index contributed by atoms with van der Waals surface area (Å²) in [5.41, 5.74) is 0. The molecule has 83 heavy (non-hydrogen) atoms. The number of allylic oxidation sites excluding steroid dienone is 14. The molecule has 0 N–H and O–H groups in total. The molecule has 0 aromatic carbocycles. The van der Waals surface area contributed by atoms with Gasteiger partial charge in [0.2, 0.25) is 0 Å². The maximum absolute atomic E-state index is 13.0. The number of hydrogen-bond acceptors (Lipinski definition) is 6. The van der Waals surface area contributed by atoms with Crippen LogP contribution in [0.3, 0.4) is 0 Å². The number of carbonyl (C=O) groups excluding carboxylic acids is 3. The second-order valence-corrected chi connectivity index (χ2v) is 24.1.